The first-order valence-corrected chi connectivity index (χ1v) is 5.50. The van der Waals surface area contributed by atoms with Crippen LogP contribution in [0.15, 0.2) is 30.3 Å². The van der Waals surface area contributed by atoms with E-state index in [1.54, 1.807) is 0 Å². The van der Waals surface area contributed by atoms with E-state index in [1.807, 2.05) is 0 Å². The van der Waals surface area contributed by atoms with E-state index in [-0.39, 0.29) is 0 Å². The standard InChI is InChI=1S/C11H16N2.CH5N/c1-2-4-11(5-3-1)10-13-8-6-12-7-9-13;1-2/h1-5,12H,6-10H2;2H2,1H3. The van der Waals surface area contributed by atoms with Crippen LogP contribution in [0.1, 0.15) is 5.56 Å². The first kappa shape index (κ1) is 12.2. The molecule has 1 heterocycles. The Hall–Kier alpha value is -0.900. The normalized spacial score (nSPS) is 16.7. The summed E-state index contributed by atoms with van der Waals surface area (Å²) in [5, 5.41) is 3.36. The fourth-order valence-electron chi connectivity index (χ4n) is 1.71. The van der Waals surface area contributed by atoms with Crippen molar-refractivity contribution in [1.29, 1.82) is 0 Å². The van der Waals surface area contributed by atoms with Crippen molar-refractivity contribution in [2.24, 2.45) is 5.73 Å². The number of benzene rings is 1. The summed E-state index contributed by atoms with van der Waals surface area (Å²) in [7, 11) is 1.50. The van der Waals surface area contributed by atoms with Crippen LogP contribution in [-0.4, -0.2) is 38.1 Å². The fraction of sp³-hybridized carbons (Fsp3) is 0.500. The molecule has 0 bridgehead atoms. The molecule has 0 amide bonds. The number of hydrogen-bond donors (Lipinski definition) is 2. The summed E-state index contributed by atoms with van der Waals surface area (Å²) in [6, 6.07) is 10.7. The van der Waals surface area contributed by atoms with Gasteiger partial charge in [-0.25, -0.2) is 0 Å². The highest BCUT2D eigenvalue weighted by Crippen LogP contribution is 2.04. The monoisotopic (exact) mass is 207 g/mol. The topological polar surface area (TPSA) is 41.3 Å². The summed E-state index contributed by atoms with van der Waals surface area (Å²) in [4.78, 5) is 2.49. The third-order valence-electron chi connectivity index (χ3n) is 2.46. The second kappa shape index (κ2) is 7.40. The van der Waals surface area contributed by atoms with Crippen LogP contribution in [0.2, 0.25) is 0 Å². The molecule has 1 aromatic carbocycles. The van der Waals surface area contributed by atoms with Crippen LogP contribution in [0, 0.1) is 0 Å². The molecule has 1 aliphatic heterocycles. The van der Waals surface area contributed by atoms with E-state index in [0.717, 1.165) is 19.6 Å². The molecular formula is C12H21N3. The molecule has 0 saturated carbocycles. The minimum absolute atomic E-state index is 1.10. The lowest BCUT2D eigenvalue weighted by Gasteiger charge is -2.27. The third kappa shape index (κ3) is 4.42. The zero-order chi connectivity index (χ0) is 10.9. The predicted octanol–water partition coefficient (Wildman–Crippen LogP) is 0.667. The molecule has 3 N–H and O–H groups in total. The Balaban J connectivity index is 0.000000531. The van der Waals surface area contributed by atoms with Gasteiger partial charge in [0.25, 0.3) is 0 Å². The van der Waals surface area contributed by atoms with Gasteiger partial charge in [0.1, 0.15) is 0 Å². The Bertz CT molecular complexity index is 242. The number of nitrogens with one attached hydrogen (secondary N) is 1. The molecule has 2 rings (SSSR count). The van der Waals surface area contributed by atoms with Crippen molar-refractivity contribution in [1.82, 2.24) is 10.2 Å². The smallest absolute Gasteiger partial charge is 0.0234 e. The Morgan fingerprint density at radius 1 is 1.13 bits per heavy atom. The molecule has 0 spiro atoms. The SMILES string of the molecule is CN.c1ccc(CN2CCNCC2)cc1. The highest BCUT2D eigenvalue weighted by atomic mass is 15.2. The highest BCUT2D eigenvalue weighted by Gasteiger charge is 2.08. The van der Waals surface area contributed by atoms with Gasteiger partial charge in [0.15, 0.2) is 0 Å². The van der Waals surface area contributed by atoms with Crippen LogP contribution in [0.5, 0.6) is 0 Å². The van der Waals surface area contributed by atoms with Gasteiger partial charge < -0.3 is 11.1 Å². The van der Waals surface area contributed by atoms with Crippen molar-refractivity contribution in [3.8, 4) is 0 Å². The Labute approximate surface area is 92.3 Å². The summed E-state index contributed by atoms with van der Waals surface area (Å²) in [5.41, 5.74) is 5.92. The van der Waals surface area contributed by atoms with Crippen molar-refractivity contribution in [2.75, 3.05) is 33.2 Å². The molecule has 1 saturated heterocycles. The minimum Gasteiger partial charge on any atom is -0.333 e. The molecule has 15 heavy (non-hydrogen) atoms. The molecule has 3 nitrogen and oxygen atoms in total. The van der Waals surface area contributed by atoms with E-state index in [9.17, 15) is 0 Å². The molecule has 0 aliphatic carbocycles. The molecule has 0 atom stereocenters. The second-order valence-electron chi connectivity index (χ2n) is 3.51. The molecule has 1 aliphatic rings. The van der Waals surface area contributed by atoms with E-state index in [4.69, 9.17) is 0 Å². The predicted molar refractivity (Wildman–Crippen MR) is 64.7 cm³/mol. The molecule has 0 aromatic heterocycles. The summed E-state index contributed by atoms with van der Waals surface area (Å²) in [6.45, 7) is 5.71. The van der Waals surface area contributed by atoms with Gasteiger partial charge in [0.2, 0.25) is 0 Å². The largest absolute Gasteiger partial charge is 0.333 e. The van der Waals surface area contributed by atoms with Gasteiger partial charge in [-0.15, -0.1) is 0 Å². The zero-order valence-electron chi connectivity index (χ0n) is 9.45. The molecule has 1 fully saturated rings. The molecule has 0 unspecified atom stereocenters. The van der Waals surface area contributed by atoms with Crippen LogP contribution in [0.4, 0.5) is 0 Å². The number of rotatable bonds is 2. The first-order chi connectivity index (χ1) is 7.45. The number of piperazine rings is 1. The van der Waals surface area contributed by atoms with Crippen LogP contribution < -0.4 is 11.1 Å². The van der Waals surface area contributed by atoms with Gasteiger partial charge in [-0.05, 0) is 12.6 Å². The zero-order valence-corrected chi connectivity index (χ0v) is 9.45. The minimum atomic E-state index is 1.10. The van der Waals surface area contributed by atoms with E-state index < -0.39 is 0 Å². The summed E-state index contributed by atoms with van der Waals surface area (Å²) >= 11 is 0. The molecule has 3 heteroatoms. The van der Waals surface area contributed by atoms with Crippen molar-refractivity contribution in [3.63, 3.8) is 0 Å². The van der Waals surface area contributed by atoms with E-state index >= 15 is 0 Å². The van der Waals surface area contributed by atoms with Gasteiger partial charge in [-0.2, -0.15) is 0 Å². The molecular weight excluding hydrogens is 186 g/mol. The van der Waals surface area contributed by atoms with Crippen molar-refractivity contribution in [3.05, 3.63) is 35.9 Å². The summed E-state index contributed by atoms with van der Waals surface area (Å²) < 4.78 is 0. The van der Waals surface area contributed by atoms with Gasteiger partial charge in [-0.3, -0.25) is 4.90 Å². The molecule has 1 aromatic rings. The van der Waals surface area contributed by atoms with Crippen molar-refractivity contribution in [2.45, 2.75) is 6.54 Å². The van der Waals surface area contributed by atoms with Crippen molar-refractivity contribution >= 4 is 0 Å². The Kier molecular flexibility index (Phi) is 6.00. The van der Waals surface area contributed by atoms with Crippen molar-refractivity contribution < 1.29 is 0 Å². The van der Waals surface area contributed by atoms with Gasteiger partial charge in [0.05, 0.1) is 0 Å². The van der Waals surface area contributed by atoms with Crippen LogP contribution in [0.3, 0.4) is 0 Å². The quantitative estimate of drug-likeness (QED) is 0.749. The lowest BCUT2D eigenvalue weighted by molar-refractivity contribution is 0.233. The molecule has 0 radical (unpaired) electrons. The summed E-state index contributed by atoms with van der Waals surface area (Å²) in [6.07, 6.45) is 0. The van der Waals surface area contributed by atoms with E-state index in [0.29, 0.717) is 0 Å². The Morgan fingerprint density at radius 2 is 1.73 bits per heavy atom. The fourth-order valence-corrected chi connectivity index (χ4v) is 1.71. The lowest BCUT2D eigenvalue weighted by atomic mass is 10.2. The number of nitrogens with zero attached hydrogens (tertiary/aromatic N) is 1. The third-order valence-corrected chi connectivity index (χ3v) is 2.46. The van der Waals surface area contributed by atoms with Crippen LogP contribution >= 0.6 is 0 Å². The average Bonchev–Trinajstić information content (AvgIpc) is 2.34. The number of nitrogens with two attached hydrogens (primary N) is 1. The van der Waals surface area contributed by atoms with E-state index in [2.05, 4.69) is 46.3 Å². The number of hydrogen-bond acceptors (Lipinski definition) is 3. The maximum absolute atomic E-state index is 4.50. The Morgan fingerprint density at radius 3 is 2.33 bits per heavy atom. The first-order valence-electron chi connectivity index (χ1n) is 5.50. The maximum Gasteiger partial charge on any atom is 0.0234 e. The lowest BCUT2D eigenvalue weighted by Crippen LogP contribution is -2.42. The van der Waals surface area contributed by atoms with E-state index in [1.165, 1.54) is 25.7 Å². The highest BCUT2D eigenvalue weighted by molar-refractivity contribution is 5.14. The second-order valence-corrected chi connectivity index (χ2v) is 3.51. The van der Waals surface area contributed by atoms with Crippen LogP contribution in [-0.2, 0) is 6.54 Å². The average molecular weight is 207 g/mol. The maximum atomic E-state index is 4.50. The van der Waals surface area contributed by atoms with Gasteiger partial charge in [0, 0.05) is 32.7 Å². The van der Waals surface area contributed by atoms with Crippen LogP contribution in [0.25, 0.3) is 0 Å². The molecule has 84 valence electrons. The van der Waals surface area contributed by atoms with Gasteiger partial charge in [-0.1, -0.05) is 30.3 Å². The van der Waals surface area contributed by atoms with Gasteiger partial charge >= 0.3 is 0 Å². The summed E-state index contributed by atoms with van der Waals surface area (Å²) in [5.74, 6) is 0.